The second-order valence-corrected chi connectivity index (χ2v) is 11.5. The molecule has 7 nitrogen and oxygen atoms in total. The molecule has 202 valence electrons. The van der Waals surface area contributed by atoms with Gasteiger partial charge in [0, 0.05) is 23.6 Å². The van der Waals surface area contributed by atoms with Gasteiger partial charge < -0.3 is 10.2 Å². The molecule has 0 unspecified atom stereocenters. The van der Waals surface area contributed by atoms with Gasteiger partial charge in [0.05, 0.1) is 10.6 Å². The molecule has 38 heavy (non-hydrogen) atoms. The zero-order chi connectivity index (χ0) is 28.0. The van der Waals surface area contributed by atoms with Crippen molar-refractivity contribution in [2.24, 2.45) is 0 Å². The minimum Gasteiger partial charge on any atom is -0.357 e. The first-order valence-corrected chi connectivity index (χ1v) is 14.3. The van der Waals surface area contributed by atoms with E-state index in [0.717, 1.165) is 15.4 Å². The molecule has 0 spiro atoms. The first-order valence-electron chi connectivity index (χ1n) is 12.1. The summed E-state index contributed by atoms with van der Waals surface area (Å²) in [5, 5.41) is 3.37. The molecule has 3 aromatic carbocycles. The summed E-state index contributed by atoms with van der Waals surface area (Å²) in [6.45, 7) is 4.95. The van der Waals surface area contributed by atoms with Crippen LogP contribution in [0.3, 0.4) is 0 Å². The Morgan fingerprint density at radius 1 is 0.974 bits per heavy atom. The van der Waals surface area contributed by atoms with Gasteiger partial charge in [0.25, 0.3) is 10.0 Å². The van der Waals surface area contributed by atoms with Crippen molar-refractivity contribution in [3.63, 3.8) is 0 Å². The Labute approximate surface area is 234 Å². The van der Waals surface area contributed by atoms with Gasteiger partial charge >= 0.3 is 0 Å². The van der Waals surface area contributed by atoms with E-state index in [2.05, 4.69) is 5.32 Å². The summed E-state index contributed by atoms with van der Waals surface area (Å²) in [5.41, 5.74) is 2.57. The maximum Gasteiger partial charge on any atom is 0.264 e. The van der Waals surface area contributed by atoms with Crippen LogP contribution in [0.2, 0.25) is 10.0 Å². The molecule has 2 amide bonds. The molecule has 0 heterocycles. The van der Waals surface area contributed by atoms with Crippen LogP contribution in [0, 0.1) is 13.8 Å². The van der Waals surface area contributed by atoms with Crippen molar-refractivity contribution in [3.05, 3.63) is 93.5 Å². The zero-order valence-corrected chi connectivity index (χ0v) is 24.1. The lowest BCUT2D eigenvalue weighted by molar-refractivity contribution is -0.140. The van der Waals surface area contributed by atoms with Crippen molar-refractivity contribution in [1.82, 2.24) is 10.2 Å². The predicted octanol–water partition coefficient (Wildman–Crippen LogP) is 5.36. The third-order valence-corrected chi connectivity index (χ3v) is 8.80. The molecule has 0 aliphatic carbocycles. The summed E-state index contributed by atoms with van der Waals surface area (Å²) in [6, 6.07) is 17.3. The zero-order valence-electron chi connectivity index (χ0n) is 21.7. The number of rotatable bonds is 10. The largest absolute Gasteiger partial charge is 0.357 e. The lowest BCUT2D eigenvalue weighted by Gasteiger charge is -2.33. The SMILES string of the molecule is CC[C@H](C(=O)NC)N(Cc1ccc(Cl)cc1Cl)C(=O)CN(c1cccc(C)c1C)S(=O)(=O)c1ccccc1. The van der Waals surface area contributed by atoms with Crippen molar-refractivity contribution in [2.45, 2.75) is 44.7 Å². The highest BCUT2D eigenvalue weighted by molar-refractivity contribution is 7.92. The average Bonchev–Trinajstić information content (AvgIpc) is 2.90. The molecule has 1 N–H and O–H groups in total. The molecule has 0 aromatic heterocycles. The number of benzene rings is 3. The van der Waals surface area contributed by atoms with Crippen LogP contribution < -0.4 is 9.62 Å². The number of hydrogen-bond donors (Lipinski definition) is 1. The monoisotopic (exact) mass is 575 g/mol. The second-order valence-electron chi connectivity index (χ2n) is 8.84. The average molecular weight is 577 g/mol. The number of amides is 2. The minimum atomic E-state index is -4.13. The van der Waals surface area contributed by atoms with E-state index in [1.165, 1.54) is 24.1 Å². The summed E-state index contributed by atoms with van der Waals surface area (Å²) < 4.78 is 28.9. The minimum absolute atomic E-state index is 0.00716. The molecular formula is C28H31Cl2N3O4S. The number of carbonyl (C=O) groups excluding carboxylic acids is 2. The normalized spacial score (nSPS) is 12.1. The Kier molecular flexibility index (Phi) is 9.82. The van der Waals surface area contributed by atoms with Gasteiger partial charge in [0.15, 0.2) is 0 Å². The predicted molar refractivity (Wildman–Crippen MR) is 152 cm³/mol. The summed E-state index contributed by atoms with van der Waals surface area (Å²) in [7, 11) is -2.63. The van der Waals surface area contributed by atoms with Gasteiger partial charge in [-0.3, -0.25) is 13.9 Å². The molecule has 0 saturated carbocycles. The van der Waals surface area contributed by atoms with Crippen LogP contribution >= 0.6 is 23.2 Å². The van der Waals surface area contributed by atoms with E-state index in [1.54, 1.807) is 55.5 Å². The Bertz CT molecular complexity index is 1410. The Morgan fingerprint density at radius 3 is 2.26 bits per heavy atom. The van der Waals surface area contributed by atoms with Gasteiger partial charge in [-0.1, -0.05) is 66.5 Å². The van der Waals surface area contributed by atoms with Gasteiger partial charge in [0.1, 0.15) is 12.6 Å². The maximum atomic E-state index is 14.0. The van der Waals surface area contributed by atoms with Crippen molar-refractivity contribution in [2.75, 3.05) is 17.9 Å². The third-order valence-electron chi connectivity index (χ3n) is 6.44. The van der Waals surface area contributed by atoms with Crippen LogP contribution in [0.5, 0.6) is 0 Å². The summed E-state index contributed by atoms with van der Waals surface area (Å²) in [5.74, 6) is -0.915. The molecule has 0 saturated heterocycles. The maximum absolute atomic E-state index is 14.0. The molecule has 0 fully saturated rings. The van der Waals surface area contributed by atoms with Crippen molar-refractivity contribution < 1.29 is 18.0 Å². The fourth-order valence-corrected chi connectivity index (χ4v) is 6.12. The summed E-state index contributed by atoms with van der Waals surface area (Å²) in [4.78, 5) is 28.2. The lowest BCUT2D eigenvalue weighted by atomic mass is 10.1. The van der Waals surface area contributed by atoms with Crippen LogP contribution in [-0.2, 0) is 26.2 Å². The number of aryl methyl sites for hydroxylation is 1. The number of hydrogen-bond acceptors (Lipinski definition) is 4. The summed E-state index contributed by atoms with van der Waals surface area (Å²) in [6.07, 6.45) is 0.311. The van der Waals surface area contributed by atoms with E-state index in [0.29, 0.717) is 27.7 Å². The standard InChI is InChI=1S/C28H31Cl2N3O4S/c1-5-25(28(35)31-4)32(17-21-14-15-22(29)16-24(21)30)27(34)18-33(26-13-9-10-19(2)20(26)3)38(36,37)23-11-7-6-8-12-23/h6-16,25H,5,17-18H2,1-4H3,(H,31,35)/t25-/m1/s1. The van der Waals surface area contributed by atoms with E-state index >= 15 is 0 Å². The fourth-order valence-electron chi connectivity index (χ4n) is 4.16. The molecule has 0 aliphatic heterocycles. The quantitative estimate of drug-likeness (QED) is 0.352. The van der Waals surface area contributed by atoms with Gasteiger partial charge in [-0.15, -0.1) is 0 Å². The highest BCUT2D eigenvalue weighted by atomic mass is 35.5. The van der Waals surface area contributed by atoms with E-state index in [1.807, 2.05) is 19.9 Å². The van der Waals surface area contributed by atoms with E-state index in [-0.39, 0.29) is 17.3 Å². The lowest BCUT2D eigenvalue weighted by Crippen LogP contribution is -2.51. The number of anilines is 1. The van der Waals surface area contributed by atoms with E-state index < -0.39 is 28.5 Å². The number of carbonyl (C=O) groups is 2. The number of sulfonamides is 1. The fraction of sp³-hybridized carbons (Fsp3) is 0.286. The highest BCUT2D eigenvalue weighted by Crippen LogP contribution is 2.30. The van der Waals surface area contributed by atoms with Crippen LogP contribution in [0.4, 0.5) is 5.69 Å². The topological polar surface area (TPSA) is 86.8 Å². The number of halogens is 2. The molecule has 0 bridgehead atoms. The smallest absolute Gasteiger partial charge is 0.264 e. The Morgan fingerprint density at radius 2 is 1.66 bits per heavy atom. The van der Waals surface area contributed by atoms with Crippen molar-refractivity contribution in [1.29, 1.82) is 0 Å². The van der Waals surface area contributed by atoms with Crippen LogP contribution in [0.1, 0.15) is 30.0 Å². The third kappa shape index (κ3) is 6.49. The first-order chi connectivity index (χ1) is 18.0. The van der Waals surface area contributed by atoms with Crippen molar-refractivity contribution in [3.8, 4) is 0 Å². The molecule has 10 heteroatoms. The molecule has 3 rings (SSSR count). The van der Waals surface area contributed by atoms with Gasteiger partial charge in [-0.25, -0.2) is 8.42 Å². The Hall–Kier alpha value is -3.07. The molecular weight excluding hydrogens is 545 g/mol. The molecule has 0 radical (unpaired) electrons. The molecule has 3 aromatic rings. The van der Waals surface area contributed by atoms with Crippen LogP contribution in [0.25, 0.3) is 0 Å². The van der Waals surface area contributed by atoms with E-state index in [9.17, 15) is 18.0 Å². The first kappa shape index (κ1) is 29.5. The molecule has 1 atom stereocenters. The summed E-state index contributed by atoms with van der Waals surface area (Å²) >= 11 is 12.5. The number of likely N-dealkylation sites (N-methyl/N-ethyl adjacent to an activating group) is 1. The van der Waals surface area contributed by atoms with Gasteiger partial charge in [-0.05, 0) is 67.3 Å². The van der Waals surface area contributed by atoms with E-state index in [4.69, 9.17) is 23.2 Å². The van der Waals surface area contributed by atoms with Gasteiger partial charge in [0.2, 0.25) is 11.8 Å². The number of nitrogens with one attached hydrogen (secondary N) is 1. The second kappa shape index (κ2) is 12.7. The molecule has 0 aliphatic rings. The van der Waals surface area contributed by atoms with Crippen LogP contribution in [0.15, 0.2) is 71.6 Å². The van der Waals surface area contributed by atoms with Crippen LogP contribution in [-0.4, -0.2) is 44.8 Å². The Balaban J connectivity index is 2.11. The highest BCUT2D eigenvalue weighted by Gasteiger charge is 2.34. The van der Waals surface area contributed by atoms with Gasteiger partial charge in [-0.2, -0.15) is 0 Å². The number of nitrogens with zero attached hydrogens (tertiary/aromatic N) is 2. The van der Waals surface area contributed by atoms with Crippen molar-refractivity contribution >= 4 is 50.7 Å².